The van der Waals surface area contributed by atoms with E-state index < -0.39 is 15.1 Å². The lowest BCUT2D eigenvalue weighted by molar-refractivity contribution is 0.397. The van der Waals surface area contributed by atoms with Crippen molar-refractivity contribution >= 4 is 9.84 Å². The van der Waals surface area contributed by atoms with Crippen LogP contribution in [-0.4, -0.2) is 20.5 Å². The van der Waals surface area contributed by atoms with Crippen molar-refractivity contribution in [3.8, 4) is 5.88 Å². The maximum atomic E-state index is 12.7. The molecule has 0 fully saturated rings. The van der Waals surface area contributed by atoms with E-state index in [9.17, 15) is 8.42 Å². The molecule has 2 aromatic rings. The monoisotopic (exact) mass is 331 g/mol. The van der Waals surface area contributed by atoms with Crippen LogP contribution in [0.25, 0.3) is 0 Å². The quantitative estimate of drug-likeness (QED) is 0.844. The number of hydrogen-bond donors (Lipinski definition) is 0. The zero-order valence-electron chi connectivity index (χ0n) is 13.5. The molecular formula is C18H21NO3S. The molecular weight excluding hydrogens is 310 g/mol. The summed E-state index contributed by atoms with van der Waals surface area (Å²) in [5.41, 5.74) is 4.24. The first-order valence-electron chi connectivity index (χ1n) is 7.82. The van der Waals surface area contributed by atoms with Gasteiger partial charge >= 0.3 is 0 Å². The number of pyridine rings is 1. The van der Waals surface area contributed by atoms with E-state index in [4.69, 9.17) is 4.74 Å². The first kappa shape index (κ1) is 16.0. The van der Waals surface area contributed by atoms with Crippen LogP contribution < -0.4 is 4.74 Å². The van der Waals surface area contributed by atoms with Crippen LogP contribution in [0.4, 0.5) is 0 Å². The number of rotatable bonds is 5. The summed E-state index contributed by atoms with van der Waals surface area (Å²) in [7, 11) is -1.77. The highest BCUT2D eigenvalue weighted by Crippen LogP contribution is 2.30. The first-order valence-corrected chi connectivity index (χ1v) is 9.53. The maximum Gasteiger partial charge on any atom is 0.213 e. The molecule has 23 heavy (non-hydrogen) atoms. The standard InChI is InChI=1S/C18H21NO3S/c1-13(16-7-6-15-4-3-5-17(15)11-16)23(20,21)12-14-8-9-19-18(10-14)22-2/h6-11,13H,3-5,12H2,1-2H3. The van der Waals surface area contributed by atoms with Gasteiger partial charge in [-0.05, 0) is 54.5 Å². The first-order chi connectivity index (χ1) is 11.0. The molecule has 1 aliphatic rings. The van der Waals surface area contributed by atoms with Crippen molar-refractivity contribution in [2.24, 2.45) is 0 Å². The molecule has 0 amide bonds. The Labute approximate surface area is 137 Å². The van der Waals surface area contributed by atoms with Crippen LogP contribution in [0.2, 0.25) is 0 Å². The van der Waals surface area contributed by atoms with Gasteiger partial charge in [-0.3, -0.25) is 0 Å². The van der Waals surface area contributed by atoms with Gasteiger partial charge in [0, 0.05) is 12.3 Å². The lowest BCUT2D eigenvalue weighted by Gasteiger charge is -2.15. The van der Waals surface area contributed by atoms with Crippen molar-refractivity contribution in [1.82, 2.24) is 4.98 Å². The highest BCUT2D eigenvalue weighted by atomic mass is 32.2. The summed E-state index contributed by atoms with van der Waals surface area (Å²) in [6, 6.07) is 9.50. The van der Waals surface area contributed by atoms with Crippen molar-refractivity contribution in [1.29, 1.82) is 0 Å². The minimum atomic E-state index is -3.29. The van der Waals surface area contributed by atoms with Crippen molar-refractivity contribution in [3.63, 3.8) is 0 Å². The smallest absolute Gasteiger partial charge is 0.213 e. The third-order valence-electron chi connectivity index (χ3n) is 4.51. The fourth-order valence-electron chi connectivity index (χ4n) is 3.06. The molecule has 0 N–H and O–H groups in total. The molecule has 0 saturated heterocycles. The van der Waals surface area contributed by atoms with Gasteiger partial charge in [0.15, 0.2) is 9.84 Å². The summed E-state index contributed by atoms with van der Waals surface area (Å²) in [5, 5.41) is -0.521. The lowest BCUT2D eigenvalue weighted by Crippen LogP contribution is -2.13. The molecule has 0 radical (unpaired) electrons. The SMILES string of the molecule is COc1cc(CS(=O)(=O)C(C)c2ccc3c(c2)CCC3)ccn1. The van der Waals surface area contributed by atoms with Gasteiger partial charge in [-0.25, -0.2) is 13.4 Å². The molecule has 1 unspecified atom stereocenters. The average Bonchev–Trinajstić information content (AvgIpc) is 3.01. The number of sulfone groups is 1. The molecule has 122 valence electrons. The van der Waals surface area contributed by atoms with Crippen LogP contribution in [0.5, 0.6) is 5.88 Å². The van der Waals surface area contributed by atoms with Crippen LogP contribution in [0.1, 0.15) is 40.8 Å². The second-order valence-corrected chi connectivity index (χ2v) is 8.36. The topological polar surface area (TPSA) is 56.3 Å². The number of fused-ring (bicyclic) bond motifs is 1. The average molecular weight is 331 g/mol. The lowest BCUT2D eigenvalue weighted by atomic mass is 10.0. The zero-order chi connectivity index (χ0) is 16.4. The highest BCUT2D eigenvalue weighted by molar-refractivity contribution is 7.90. The Kier molecular flexibility index (Phi) is 4.39. The molecule has 1 atom stereocenters. The van der Waals surface area contributed by atoms with Gasteiger partial charge in [-0.1, -0.05) is 18.2 Å². The summed E-state index contributed by atoms with van der Waals surface area (Å²) in [4.78, 5) is 4.01. The van der Waals surface area contributed by atoms with Gasteiger partial charge in [-0.2, -0.15) is 0 Å². The van der Waals surface area contributed by atoms with Crippen molar-refractivity contribution in [3.05, 3.63) is 58.8 Å². The van der Waals surface area contributed by atoms with Crippen LogP contribution >= 0.6 is 0 Å². The number of ether oxygens (including phenoxy) is 1. The predicted molar refractivity (Wildman–Crippen MR) is 90.3 cm³/mol. The minimum Gasteiger partial charge on any atom is -0.481 e. The predicted octanol–water partition coefficient (Wildman–Crippen LogP) is 3.25. The molecule has 5 heteroatoms. The summed E-state index contributed by atoms with van der Waals surface area (Å²) in [6.45, 7) is 1.77. The summed E-state index contributed by atoms with van der Waals surface area (Å²) in [5.74, 6) is 0.423. The fourth-order valence-corrected chi connectivity index (χ4v) is 4.52. The molecule has 1 heterocycles. The molecule has 1 aromatic carbocycles. The zero-order valence-corrected chi connectivity index (χ0v) is 14.3. The number of hydrogen-bond acceptors (Lipinski definition) is 4. The Hall–Kier alpha value is -1.88. The Morgan fingerprint density at radius 1 is 1.17 bits per heavy atom. The largest absolute Gasteiger partial charge is 0.481 e. The van der Waals surface area contributed by atoms with E-state index >= 15 is 0 Å². The Bertz CT molecular complexity index is 815. The molecule has 4 nitrogen and oxygen atoms in total. The summed E-state index contributed by atoms with van der Waals surface area (Å²) in [6.07, 6.45) is 4.89. The number of benzene rings is 1. The Morgan fingerprint density at radius 3 is 2.74 bits per heavy atom. The van der Waals surface area contributed by atoms with E-state index in [-0.39, 0.29) is 5.75 Å². The van der Waals surface area contributed by atoms with Gasteiger partial charge in [0.2, 0.25) is 5.88 Å². The van der Waals surface area contributed by atoms with E-state index in [1.54, 1.807) is 25.3 Å². The number of aryl methyl sites for hydroxylation is 2. The Balaban J connectivity index is 1.83. The van der Waals surface area contributed by atoms with Gasteiger partial charge in [-0.15, -0.1) is 0 Å². The van der Waals surface area contributed by atoms with Gasteiger partial charge in [0.1, 0.15) is 0 Å². The van der Waals surface area contributed by atoms with Crippen LogP contribution in [0.3, 0.4) is 0 Å². The molecule has 0 bridgehead atoms. The van der Waals surface area contributed by atoms with E-state index in [2.05, 4.69) is 17.1 Å². The van der Waals surface area contributed by atoms with E-state index in [0.29, 0.717) is 11.4 Å². The third kappa shape index (κ3) is 3.39. The highest BCUT2D eigenvalue weighted by Gasteiger charge is 2.24. The van der Waals surface area contributed by atoms with E-state index in [1.807, 2.05) is 6.07 Å². The number of methoxy groups -OCH3 is 1. The number of aromatic nitrogens is 1. The van der Waals surface area contributed by atoms with Crippen LogP contribution in [0, 0.1) is 0 Å². The molecule has 1 aromatic heterocycles. The normalized spacial score (nSPS) is 15.2. The summed E-state index contributed by atoms with van der Waals surface area (Å²) < 4.78 is 30.5. The fraction of sp³-hybridized carbons (Fsp3) is 0.389. The van der Waals surface area contributed by atoms with Crippen molar-refractivity contribution < 1.29 is 13.2 Å². The van der Waals surface area contributed by atoms with Gasteiger partial charge in [0.05, 0.1) is 18.1 Å². The molecule has 3 rings (SSSR count). The maximum absolute atomic E-state index is 12.7. The second-order valence-electron chi connectivity index (χ2n) is 6.04. The molecule has 1 aliphatic carbocycles. The van der Waals surface area contributed by atoms with Crippen molar-refractivity contribution in [2.45, 2.75) is 37.2 Å². The van der Waals surface area contributed by atoms with E-state index in [0.717, 1.165) is 24.8 Å². The van der Waals surface area contributed by atoms with Crippen molar-refractivity contribution in [2.75, 3.05) is 7.11 Å². The molecule has 0 aliphatic heterocycles. The van der Waals surface area contributed by atoms with E-state index in [1.165, 1.54) is 18.2 Å². The summed E-state index contributed by atoms with van der Waals surface area (Å²) >= 11 is 0. The van der Waals surface area contributed by atoms with Gasteiger partial charge < -0.3 is 4.74 Å². The van der Waals surface area contributed by atoms with Crippen LogP contribution in [-0.2, 0) is 28.4 Å². The number of nitrogens with zero attached hydrogens (tertiary/aromatic N) is 1. The Morgan fingerprint density at radius 2 is 1.96 bits per heavy atom. The molecule has 0 saturated carbocycles. The second kappa shape index (κ2) is 6.32. The van der Waals surface area contributed by atoms with Crippen LogP contribution in [0.15, 0.2) is 36.5 Å². The molecule has 0 spiro atoms. The van der Waals surface area contributed by atoms with Gasteiger partial charge in [0.25, 0.3) is 0 Å². The third-order valence-corrected chi connectivity index (χ3v) is 6.59. The minimum absolute atomic E-state index is 0.00979.